The summed E-state index contributed by atoms with van der Waals surface area (Å²) in [6, 6.07) is 13.8. The summed E-state index contributed by atoms with van der Waals surface area (Å²) in [5.74, 6) is 0. The minimum absolute atomic E-state index is 0.0209. The number of anilines is 1. The van der Waals surface area contributed by atoms with E-state index in [0.29, 0.717) is 32.8 Å². The molecule has 2 aromatic rings. The van der Waals surface area contributed by atoms with Gasteiger partial charge in [-0.15, -0.1) is 0 Å². The minimum Gasteiger partial charge on any atom is -0.360 e. The normalized spacial score (nSPS) is 19.3. The molecule has 1 saturated carbocycles. The Morgan fingerprint density at radius 1 is 1.00 bits per heavy atom. The summed E-state index contributed by atoms with van der Waals surface area (Å²) >= 11 is 24.2. The summed E-state index contributed by atoms with van der Waals surface area (Å²) in [5, 5.41) is 16.2. The largest absolute Gasteiger partial charge is 0.360 e. The number of halogens is 3. The van der Waals surface area contributed by atoms with Gasteiger partial charge in [-0.3, -0.25) is 5.01 Å². The minimum atomic E-state index is 0.0209. The Bertz CT molecular complexity index is 958. The van der Waals surface area contributed by atoms with Gasteiger partial charge in [0, 0.05) is 22.5 Å². The first-order valence-electron chi connectivity index (χ1n) is 10.6. The molecule has 1 aliphatic heterocycles. The molecule has 1 unspecified atom stereocenters. The van der Waals surface area contributed by atoms with Gasteiger partial charge in [0.2, 0.25) is 0 Å². The number of hydrogen-bond acceptors (Lipinski definition) is 3. The molecule has 2 aromatic carbocycles. The summed E-state index contributed by atoms with van der Waals surface area (Å²) in [5.41, 5.74) is 2.96. The average molecular weight is 496 g/mol. The lowest BCUT2D eigenvalue weighted by atomic mass is 9.96. The molecular weight excluding hydrogens is 471 g/mol. The molecule has 0 radical (unpaired) electrons. The molecule has 4 rings (SSSR count). The highest BCUT2D eigenvalue weighted by molar-refractivity contribution is 7.80. The molecule has 2 N–H and O–H groups in total. The van der Waals surface area contributed by atoms with Crippen LogP contribution in [0.1, 0.15) is 50.1 Å². The fourth-order valence-electron chi connectivity index (χ4n) is 4.18. The van der Waals surface area contributed by atoms with Crippen LogP contribution in [0, 0.1) is 0 Å². The van der Waals surface area contributed by atoms with E-state index < -0.39 is 0 Å². The molecule has 1 aliphatic carbocycles. The van der Waals surface area contributed by atoms with Gasteiger partial charge in [-0.25, -0.2) is 0 Å². The van der Waals surface area contributed by atoms with Crippen LogP contribution in [-0.4, -0.2) is 23.4 Å². The van der Waals surface area contributed by atoms with E-state index in [-0.39, 0.29) is 6.04 Å². The van der Waals surface area contributed by atoms with E-state index in [1.807, 2.05) is 41.4 Å². The van der Waals surface area contributed by atoms with Crippen LogP contribution in [0.25, 0.3) is 0 Å². The standard InChI is InChI=1S/C23H25Cl3N4S/c24-16-8-6-15(7-9-16)22-13-19(14-27-23(31)28-18-4-2-1-3-5-18)29-30(22)21-11-10-17(25)12-20(21)26/h6-12,18,22H,1-5,13-14H2,(H2,27,28,31). The van der Waals surface area contributed by atoms with E-state index in [1.165, 1.54) is 32.1 Å². The van der Waals surface area contributed by atoms with E-state index in [9.17, 15) is 0 Å². The summed E-state index contributed by atoms with van der Waals surface area (Å²) in [6.07, 6.45) is 7.00. The van der Waals surface area contributed by atoms with E-state index in [2.05, 4.69) is 10.6 Å². The molecule has 1 fully saturated rings. The van der Waals surface area contributed by atoms with Crippen molar-refractivity contribution in [1.82, 2.24) is 10.6 Å². The van der Waals surface area contributed by atoms with Crippen LogP contribution in [-0.2, 0) is 0 Å². The predicted octanol–water partition coefficient (Wildman–Crippen LogP) is 6.75. The number of rotatable bonds is 5. The van der Waals surface area contributed by atoms with Crippen molar-refractivity contribution in [3.05, 3.63) is 63.1 Å². The Morgan fingerprint density at radius 2 is 1.71 bits per heavy atom. The number of thiocarbonyl (C=S) groups is 1. The Labute approximate surface area is 203 Å². The molecule has 0 bridgehead atoms. The van der Waals surface area contributed by atoms with E-state index in [0.717, 1.165) is 23.4 Å². The first kappa shape index (κ1) is 22.7. The fraction of sp³-hybridized carbons (Fsp3) is 0.391. The van der Waals surface area contributed by atoms with Gasteiger partial charge in [0.15, 0.2) is 5.11 Å². The molecule has 0 aromatic heterocycles. The van der Waals surface area contributed by atoms with Gasteiger partial charge >= 0.3 is 0 Å². The van der Waals surface area contributed by atoms with Crippen molar-refractivity contribution in [3.63, 3.8) is 0 Å². The first-order valence-corrected chi connectivity index (χ1v) is 12.1. The SMILES string of the molecule is S=C(NCC1=NN(c2ccc(Cl)cc2Cl)C(c2ccc(Cl)cc2)C1)NC1CCCCC1. The average Bonchev–Trinajstić information content (AvgIpc) is 3.17. The van der Waals surface area contributed by atoms with Gasteiger partial charge < -0.3 is 10.6 Å². The lowest BCUT2D eigenvalue weighted by Crippen LogP contribution is -2.44. The second kappa shape index (κ2) is 10.4. The van der Waals surface area contributed by atoms with Crippen LogP contribution in [0.15, 0.2) is 47.6 Å². The van der Waals surface area contributed by atoms with Crippen molar-refractivity contribution in [3.8, 4) is 0 Å². The molecule has 8 heteroatoms. The van der Waals surface area contributed by atoms with Crippen LogP contribution in [0.4, 0.5) is 5.69 Å². The number of hydrazone groups is 1. The number of hydrogen-bond donors (Lipinski definition) is 2. The molecule has 164 valence electrons. The Balaban J connectivity index is 1.48. The lowest BCUT2D eigenvalue weighted by molar-refractivity contribution is 0.412. The van der Waals surface area contributed by atoms with Crippen molar-refractivity contribution in [2.24, 2.45) is 5.10 Å². The van der Waals surface area contributed by atoms with Crippen molar-refractivity contribution >= 4 is 63.5 Å². The molecule has 1 heterocycles. The Hall–Kier alpha value is -1.53. The van der Waals surface area contributed by atoms with E-state index >= 15 is 0 Å². The highest BCUT2D eigenvalue weighted by atomic mass is 35.5. The van der Waals surface area contributed by atoms with Gasteiger partial charge in [-0.2, -0.15) is 5.10 Å². The van der Waals surface area contributed by atoms with Crippen LogP contribution in [0.2, 0.25) is 15.1 Å². The smallest absolute Gasteiger partial charge is 0.166 e. The van der Waals surface area contributed by atoms with Gasteiger partial charge in [-0.1, -0.05) is 66.2 Å². The number of nitrogens with one attached hydrogen (secondary N) is 2. The molecule has 0 saturated heterocycles. The summed E-state index contributed by atoms with van der Waals surface area (Å²) < 4.78 is 0. The summed E-state index contributed by atoms with van der Waals surface area (Å²) in [4.78, 5) is 0. The van der Waals surface area contributed by atoms with Crippen LogP contribution < -0.4 is 15.6 Å². The predicted molar refractivity (Wildman–Crippen MR) is 136 cm³/mol. The fourth-order valence-corrected chi connectivity index (χ4v) is 5.04. The highest BCUT2D eigenvalue weighted by Gasteiger charge is 2.30. The van der Waals surface area contributed by atoms with Crippen molar-refractivity contribution < 1.29 is 0 Å². The van der Waals surface area contributed by atoms with Crippen molar-refractivity contribution in [1.29, 1.82) is 0 Å². The maximum Gasteiger partial charge on any atom is 0.166 e. The third-order valence-electron chi connectivity index (χ3n) is 5.78. The number of benzene rings is 2. The highest BCUT2D eigenvalue weighted by Crippen LogP contribution is 2.39. The van der Waals surface area contributed by atoms with Crippen molar-refractivity contribution in [2.75, 3.05) is 11.6 Å². The second-order valence-corrected chi connectivity index (χ2v) is 9.73. The Morgan fingerprint density at radius 3 is 2.42 bits per heavy atom. The summed E-state index contributed by atoms with van der Waals surface area (Å²) in [7, 11) is 0. The lowest BCUT2D eigenvalue weighted by Gasteiger charge is -2.25. The molecule has 2 aliphatic rings. The van der Waals surface area contributed by atoms with Crippen LogP contribution >= 0.6 is 47.0 Å². The third kappa shape index (κ3) is 5.83. The van der Waals surface area contributed by atoms with Crippen LogP contribution in [0.5, 0.6) is 0 Å². The molecule has 31 heavy (non-hydrogen) atoms. The van der Waals surface area contributed by atoms with Gasteiger partial charge in [0.05, 0.1) is 29.0 Å². The molecular formula is C23H25Cl3N4S. The summed E-state index contributed by atoms with van der Waals surface area (Å²) in [6.45, 7) is 0.588. The van der Waals surface area contributed by atoms with E-state index in [4.69, 9.17) is 52.1 Å². The zero-order valence-electron chi connectivity index (χ0n) is 17.1. The molecule has 1 atom stereocenters. The first-order chi connectivity index (χ1) is 15.0. The zero-order valence-corrected chi connectivity index (χ0v) is 20.2. The number of nitrogens with zero attached hydrogens (tertiary/aromatic N) is 2. The third-order valence-corrected chi connectivity index (χ3v) is 6.83. The second-order valence-electron chi connectivity index (χ2n) is 8.04. The van der Waals surface area contributed by atoms with E-state index in [1.54, 1.807) is 6.07 Å². The molecule has 4 nitrogen and oxygen atoms in total. The molecule has 0 amide bonds. The van der Waals surface area contributed by atoms with Crippen LogP contribution in [0.3, 0.4) is 0 Å². The topological polar surface area (TPSA) is 39.7 Å². The maximum atomic E-state index is 6.51. The quantitative estimate of drug-likeness (QED) is 0.450. The maximum absolute atomic E-state index is 6.51. The zero-order chi connectivity index (χ0) is 21.8. The monoisotopic (exact) mass is 494 g/mol. The van der Waals surface area contributed by atoms with Gasteiger partial charge in [0.1, 0.15) is 0 Å². The Kier molecular flexibility index (Phi) is 7.59. The molecule has 0 spiro atoms. The van der Waals surface area contributed by atoms with Crippen molar-refractivity contribution in [2.45, 2.75) is 50.6 Å². The van der Waals surface area contributed by atoms with Gasteiger partial charge in [0.25, 0.3) is 0 Å². The van der Waals surface area contributed by atoms with Gasteiger partial charge in [-0.05, 0) is 61.0 Å².